The maximum atomic E-state index is 3.46. The van der Waals surface area contributed by atoms with E-state index in [4.69, 9.17) is 0 Å². The predicted octanol–water partition coefficient (Wildman–Crippen LogP) is 4.40. The van der Waals surface area contributed by atoms with Crippen LogP contribution < -0.4 is 5.32 Å². The minimum Gasteiger partial charge on any atom is -0.385 e. The van der Waals surface area contributed by atoms with Crippen LogP contribution >= 0.6 is 11.8 Å². The average Bonchev–Trinajstić information content (AvgIpc) is 2.24. The number of benzene rings is 1. The Morgan fingerprint density at radius 1 is 1.12 bits per heavy atom. The summed E-state index contributed by atoms with van der Waals surface area (Å²) in [5.41, 5.74) is 2.96. The number of hydrogen-bond donors (Lipinski definition) is 1. The van der Waals surface area contributed by atoms with Crippen LogP contribution in [0.5, 0.6) is 0 Å². The van der Waals surface area contributed by atoms with Crippen molar-refractivity contribution in [3.05, 3.63) is 29.8 Å². The van der Waals surface area contributed by atoms with E-state index in [0.29, 0.717) is 5.41 Å². The molecule has 2 heteroatoms. The largest absolute Gasteiger partial charge is 0.385 e. The van der Waals surface area contributed by atoms with Gasteiger partial charge in [-0.25, -0.2) is 0 Å². The molecule has 0 aromatic heterocycles. The number of hydrogen-bond acceptors (Lipinski definition) is 2. The maximum Gasteiger partial charge on any atom is 0.0340 e. The summed E-state index contributed by atoms with van der Waals surface area (Å²) >= 11 is 1.96. The predicted molar refractivity (Wildman–Crippen MR) is 76.2 cm³/mol. The van der Waals surface area contributed by atoms with E-state index >= 15 is 0 Å². The van der Waals surface area contributed by atoms with Crippen molar-refractivity contribution in [2.24, 2.45) is 5.41 Å². The summed E-state index contributed by atoms with van der Waals surface area (Å²) in [6.45, 7) is 9.94. The summed E-state index contributed by atoms with van der Waals surface area (Å²) in [4.78, 5) is 0. The van der Waals surface area contributed by atoms with Crippen LogP contribution in [-0.4, -0.2) is 12.3 Å². The van der Waals surface area contributed by atoms with Crippen LogP contribution in [0.25, 0.3) is 0 Å². The molecule has 0 amide bonds. The van der Waals surface area contributed by atoms with Crippen LogP contribution in [0.15, 0.2) is 24.3 Å². The summed E-state index contributed by atoms with van der Waals surface area (Å²) in [5, 5.41) is 3.46. The second-order valence-corrected chi connectivity index (χ2v) is 6.52. The first-order valence-electron chi connectivity index (χ1n) is 5.92. The zero-order chi connectivity index (χ0) is 12.0. The standard InChI is InChI=1S/C14H23NS/c1-5-16-10-12-6-8-13(9-7-12)15-11-14(2,3)4/h6-9,15H,5,10-11H2,1-4H3. The smallest absolute Gasteiger partial charge is 0.0340 e. The van der Waals surface area contributed by atoms with E-state index in [-0.39, 0.29) is 0 Å². The molecule has 1 rings (SSSR count). The Balaban J connectivity index is 2.45. The molecule has 0 aliphatic rings. The van der Waals surface area contributed by atoms with Gasteiger partial charge in [0.15, 0.2) is 0 Å². The van der Waals surface area contributed by atoms with E-state index in [9.17, 15) is 0 Å². The number of rotatable bonds is 5. The second-order valence-electron chi connectivity index (χ2n) is 5.25. The number of nitrogens with one attached hydrogen (secondary N) is 1. The SMILES string of the molecule is CCSCc1ccc(NCC(C)(C)C)cc1. The molecular weight excluding hydrogens is 214 g/mol. The Kier molecular flexibility index (Phi) is 5.20. The van der Waals surface area contributed by atoms with Crippen LogP contribution in [0.4, 0.5) is 5.69 Å². The van der Waals surface area contributed by atoms with Crippen molar-refractivity contribution in [2.45, 2.75) is 33.4 Å². The van der Waals surface area contributed by atoms with E-state index in [0.717, 1.165) is 12.3 Å². The summed E-state index contributed by atoms with van der Waals surface area (Å²) in [5.74, 6) is 2.31. The Labute approximate surface area is 104 Å². The highest BCUT2D eigenvalue weighted by atomic mass is 32.2. The van der Waals surface area contributed by atoms with Crippen LogP contribution in [0.3, 0.4) is 0 Å². The van der Waals surface area contributed by atoms with E-state index in [2.05, 4.69) is 57.3 Å². The summed E-state index contributed by atoms with van der Waals surface area (Å²) < 4.78 is 0. The molecule has 0 unspecified atom stereocenters. The normalized spacial score (nSPS) is 11.5. The summed E-state index contributed by atoms with van der Waals surface area (Å²) in [6, 6.07) is 8.79. The zero-order valence-electron chi connectivity index (χ0n) is 10.8. The van der Waals surface area contributed by atoms with E-state index in [1.54, 1.807) is 0 Å². The molecule has 0 saturated carbocycles. The van der Waals surface area contributed by atoms with Crippen LogP contribution in [0.2, 0.25) is 0 Å². The van der Waals surface area contributed by atoms with Crippen molar-refractivity contribution in [2.75, 3.05) is 17.6 Å². The lowest BCUT2D eigenvalue weighted by Gasteiger charge is -2.19. The van der Waals surface area contributed by atoms with Crippen molar-refractivity contribution < 1.29 is 0 Å². The summed E-state index contributed by atoms with van der Waals surface area (Å²) in [7, 11) is 0. The van der Waals surface area contributed by atoms with E-state index in [1.807, 2.05) is 11.8 Å². The first-order valence-corrected chi connectivity index (χ1v) is 7.07. The van der Waals surface area contributed by atoms with E-state index < -0.39 is 0 Å². The minimum atomic E-state index is 0.330. The molecule has 1 N–H and O–H groups in total. The first-order chi connectivity index (χ1) is 7.51. The zero-order valence-corrected chi connectivity index (χ0v) is 11.7. The van der Waals surface area contributed by atoms with Crippen LogP contribution in [-0.2, 0) is 5.75 Å². The van der Waals surface area contributed by atoms with Gasteiger partial charge in [-0.2, -0.15) is 11.8 Å². The molecular formula is C14H23NS. The summed E-state index contributed by atoms with van der Waals surface area (Å²) in [6.07, 6.45) is 0. The van der Waals surface area contributed by atoms with Gasteiger partial charge in [-0.15, -0.1) is 0 Å². The molecule has 1 aromatic rings. The molecule has 0 bridgehead atoms. The van der Waals surface area contributed by atoms with Gasteiger partial charge in [-0.05, 0) is 28.9 Å². The van der Waals surface area contributed by atoms with Crippen molar-refractivity contribution in [1.82, 2.24) is 0 Å². The van der Waals surface area contributed by atoms with E-state index in [1.165, 1.54) is 17.0 Å². The lowest BCUT2D eigenvalue weighted by Crippen LogP contribution is -2.18. The molecule has 90 valence electrons. The fourth-order valence-electron chi connectivity index (χ4n) is 1.31. The van der Waals surface area contributed by atoms with Crippen LogP contribution in [0, 0.1) is 5.41 Å². The molecule has 0 aliphatic carbocycles. The van der Waals surface area contributed by atoms with Crippen molar-refractivity contribution in [3.63, 3.8) is 0 Å². The van der Waals surface area contributed by atoms with Gasteiger partial charge >= 0.3 is 0 Å². The highest BCUT2D eigenvalue weighted by Crippen LogP contribution is 2.18. The van der Waals surface area contributed by atoms with Gasteiger partial charge in [0.1, 0.15) is 0 Å². The molecule has 16 heavy (non-hydrogen) atoms. The van der Waals surface area contributed by atoms with Gasteiger partial charge in [0, 0.05) is 18.0 Å². The van der Waals surface area contributed by atoms with Gasteiger partial charge in [0.25, 0.3) is 0 Å². The third-order valence-corrected chi connectivity index (χ3v) is 3.20. The Bertz CT molecular complexity index is 298. The van der Waals surface area contributed by atoms with Crippen molar-refractivity contribution in [1.29, 1.82) is 0 Å². The first kappa shape index (κ1) is 13.4. The molecule has 1 nitrogen and oxygen atoms in total. The fraction of sp³-hybridized carbons (Fsp3) is 0.571. The molecule has 0 saturated heterocycles. The monoisotopic (exact) mass is 237 g/mol. The number of thioether (sulfide) groups is 1. The Morgan fingerprint density at radius 2 is 1.75 bits per heavy atom. The topological polar surface area (TPSA) is 12.0 Å². The molecule has 1 aromatic carbocycles. The third kappa shape index (κ3) is 5.45. The molecule has 0 atom stereocenters. The van der Waals surface area contributed by atoms with Gasteiger partial charge in [0.2, 0.25) is 0 Å². The third-order valence-electron chi connectivity index (χ3n) is 2.25. The van der Waals surface area contributed by atoms with Crippen molar-refractivity contribution >= 4 is 17.4 Å². The number of anilines is 1. The fourth-order valence-corrected chi connectivity index (χ4v) is 1.94. The lowest BCUT2D eigenvalue weighted by molar-refractivity contribution is 0.443. The molecule has 0 fully saturated rings. The van der Waals surface area contributed by atoms with Gasteiger partial charge in [0.05, 0.1) is 0 Å². The highest BCUT2D eigenvalue weighted by molar-refractivity contribution is 7.98. The van der Waals surface area contributed by atoms with Crippen molar-refractivity contribution in [3.8, 4) is 0 Å². The quantitative estimate of drug-likeness (QED) is 0.814. The lowest BCUT2D eigenvalue weighted by atomic mass is 9.97. The maximum absolute atomic E-state index is 3.46. The van der Waals surface area contributed by atoms with Gasteiger partial charge in [-0.3, -0.25) is 0 Å². The Morgan fingerprint density at radius 3 is 2.25 bits per heavy atom. The van der Waals surface area contributed by atoms with Gasteiger partial charge in [-0.1, -0.05) is 39.8 Å². The molecule has 0 spiro atoms. The molecule has 0 heterocycles. The molecule has 0 radical (unpaired) electrons. The molecule has 0 aliphatic heterocycles. The van der Waals surface area contributed by atoms with Gasteiger partial charge < -0.3 is 5.32 Å². The minimum absolute atomic E-state index is 0.330. The Hall–Kier alpha value is -0.630. The second kappa shape index (κ2) is 6.19. The van der Waals surface area contributed by atoms with Crippen LogP contribution in [0.1, 0.15) is 33.3 Å². The average molecular weight is 237 g/mol. The highest BCUT2D eigenvalue weighted by Gasteiger charge is 2.08.